The van der Waals surface area contributed by atoms with Crippen molar-refractivity contribution in [2.24, 2.45) is 0 Å². The number of ether oxygens (including phenoxy) is 3. The van der Waals surface area contributed by atoms with E-state index in [1.807, 2.05) is 0 Å². The Hall–Kier alpha value is -4.21. The molecule has 3 rings (SSSR count). The minimum absolute atomic E-state index is 0.0517. The molecule has 0 amide bonds. The molecular formula is C21H20FN5O4. The van der Waals surface area contributed by atoms with Crippen molar-refractivity contribution in [2.45, 2.75) is 6.61 Å². The van der Waals surface area contributed by atoms with Crippen molar-refractivity contribution in [1.82, 2.24) is 15.0 Å². The van der Waals surface area contributed by atoms with Gasteiger partial charge in [0.05, 0.1) is 14.2 Å². The fourth-order valence-electron chi connectivity index (χ4n) is 2.52. The highest BCUT2D eigenvalue weighted by Crippen LogP contribution is 2.25. The summed E-state index contributed by atoms with van der Waals surface area (Å²) in [4.78, 5) is 24.1. The molecular weight excluding hydrogens is 405 g/mol. The van der Waals surface area contributed by atoms with Crippen LogP contribution in [0.25, 0.3) is 6.08 Å². The van der Waals surface area contributed by atoms with Gasteiger partial charge in [0.1, 0.15) is 17.3 Å². The Kier molecular flexibility index (Phi) is 6.94. The zero-order valence-corrected chi connectivity index (χ0v) is 16.8. The Labute approximate surface area is 177 Å². The van der Waals surface area contributed by atoms with E-state index in [4.69, 9.17) is 19.9 Å². The van der Waals surface area contributed by atoms with Crippen LogP contribution in [-0.4, -0.2) is 35.1 Å². The maximum atomic E-state index is 13.0. The molecule has 0 spiro atoms. The monoisotopic (exact) mass is 425 g/mol. The predicted molar refractivity (Wildman–Crippen MR) is 112 cm³/mol. The molecule has 10 heteroatoms. The first-order chi connectivity index (χ1) is 15.0. The molecule has 0 atom stereocenters. The van der Waals surface area contributed by atoms with Crippen molar-refractivity contribution in [1.29, 1.82) is 0 Å². The Morgan fingerprint density at radius 1 is 1.10 bits per heavy atom. The van der Waals surface area contributed by atoms with E-state index in [-0.39, 0.29) is 30.1 Å². The van der Waals surface area contributed by atoms with Gasteiger partial charge in [-0.15, -0.1) is 0 Å². The van der Waals surface area contributed by atoms with Gasteiger partial charge in [0, 0.05) is 23.4 Å². The fourth-order valence-corrected chi connectivity index (χ4v) is 2.52. The highest BCUT2D eigenvalue weighted by Gasteiger charge is 2.08. The van der Waals surface area contributed by atoms with Crippen molar-refractivity contribution in [3.05, 3.63) is 65.7 Å². The van der Waals surface area contributed by atoms with E-state index in [1.165, 1.54) is 37.5 Å². The topological polar surface area (TPSA) is 121 Å². The van der Waals surface area contributed by atoms with E-state index in [9.17, 15) is 9.18 Å². The van der Waals surface area contributed by atoms with Crippen LogP contribution in [0.5, 0.6) is 11.5 Å². The number of halogens is 1. The summed E-state index contributed by atoms with van der Waals surface area (Å²) in [6, 6.07) is 10.8. The first-order valence-electron chi connectivity index (χ1n) is 9.06. The summed E-state index contributed by atoms with van der Waals surface area (Å²) in [5, 5.41) is 2.88. The molecule has 3 N–H and O–H groups in total. The van der Waals surface area contributed by atoms with Gasteiger partial charge in [0.2, 0.25) is 11.9 Å². The SMILES string of the molecule is COc1ccc(/C=C/C(=O)OCc2nc(N)nc(Nc3ccc(F)cc3)n2)c(OC)c1. The summed E-state index contributed by atoms with van der Waals surface area (Å²) in [5.41, 5.74) is 6.93. The lowest BCUT2D eigenvalue weighted by Gasteiger charge is -2.08. The van der Waals surface area contributed by atoms with Crippen LogP contribution in [0.15, 0.2) is 48.5 Å². The minimum atomic E-state index is -0.607. The predicted octanol–water partition coefficient (Wildman–Crippen LogP) is 3.11. The number of esters is 1. The number of anilines is 3. The Bertz CT molecular complexity index is 1090. The van der Waals surface area contributed by atoms with Gasteiger partial charge in [-0.1, -0.05) is 0 Å². The molecule has 2 aromatic carbocycles. The number of aromatic nitrogens is 3. The molecule has 160 valence electrons. The Balaban J connectivity index is 1.63. The third-order valence-corrected chi connectivity index (χ3v) is 3.98. The van der Waals surface area contributed by atoms with E-state index >= 15 is 0 Å². The number of nitrogens with two attached hydrogens (primary N) is 1. The quantitative estimate of drug-likeness (QED) is 0.414. The first kappa shape index (κ1) is 21.5. The number of carbonyl (C=O) groups excluding carboxylic acids is 1. The Morgan fingerprint density at radius 3 is 2.58 bits per heavy atom. The first-order valence-corrected chi connectivity index (χ1v) is 9.06. The molecule has 0 saturated carbocycles. The number of methoxy groups -OCH3 is 2. The van der Waals surface area contributed by atoms with Crippen molar-refractivity contribution in [3.63, 3.8) is 0 Å². The largest absolute Gasteiger partial charge is 0.497 e. The van der Waals surface area contributed by atoms with Crippen LogP contribution in [0.1, 0.15) is 11.4 Å². The maximum absolute atomic E-state index is 13.0. The standard InChI is InChI=1S/C21H20FN5O4/c1-29-16-9-3-13(17(11-16)30-2)4-10-19(28)31-12-18-25-20(23)27-21(26-18)24-15-7-5-14(22)6-8-15/h3-11H,12H2,1-2H3,(H3,23,24,25,26,27)/b10-4+. The number of benzene rings is 2. The van der Waals surface area contributed by atoms with Gasteiger partial charge >= 0.3 is 5.97 Å². The maximum Gasteiger partial charge on any atom is 0.331 e. The van der Waals surface area contributed by atoms with Crippen LogP contribution in [0.4, 0.5) is 22.0 Å². The normalized spacial score (nSPS) is 10.7. The third-order valence-electron chi connectivity index (χ3n) is 3.98. The number of nitrogens with zero attached hydrogens (tertiary/aromatic N) is 3. The third kappa shape index (κ3) is 6.13. The highest BCUT2D eigenvalue weighted by molar-refractivity contribution is 5.87. The van der Waals surface area contributed by atoms with E-state index in [2.05, 4.69) is 20.3 Å². The Morgan fingerprint density at radius 2 is 1.87 bits per heavy atom. The summed E-state index contributed by atoms with van der Waals surface area (Å²) in [7, 11) is 3.07. The number of hydrogen-bond donors (Lipinski definition) is 2. The average molecular weight is 425 g/mol. The van der Waals surface area contributed by atoms with Gasteiger partial charge in [-0.25, -0.2) is 9.18 Å². The van der Waals surface area contributed by atoms with Crippen LogP contribution >= 0.6 is 0 Å². The zero-order chi connectivity index (χ0) is 22.2. The molecule has 9 nitrogen and oxygen atoms in total. The molecule has 0 radical (unpaired) electrons. The lowest BCUT2D eigenvalue weighted by Crippen LogP contribution is -2.10. The fraction of sp³-hybridized carbons (Fsp3) is 0.143. The molecule has 3 aromatic rings. The molecule has 0 fully saturated rings. The van der Waals surface area contributed by atoms with E-state index in [0.717, 1.165) is 0 Å². The average Bonchev–Trinajstić information content (AvgIpc) is 2.77. The second-order valence-electron chi connectivity index (χ2n) is 6.11. The summed E-state index contributed by atoms with van der Waals surface area (Å²) in [5.74, 6) is 0.450. The molecule has 0 aliphatic heterocycles. The van der Waals surface area contributed by atoms with Crippen molar-refractivity contribution in [3.8, 4) is 11.5 Å². The van der Waals surface area contributed by atoms with Crippen molar-refractivity contribution >= 4 is 29.6 Å². The molecule has 0 aliphatic rings. The lowest BCUT2D eigenvalue weighted by atomic mass is 10.2. The van der Waals surface area contributed by atoms with Crippen molar-refractivity contribution < 1.29 is 23.4 Å². The highest BCUT2D eigenvalue weighted by atomic mass is 19.1. The molecule has 0 saturated heterocycles. The van der Waals surface area contributed by atoms with Crippen molar-refractivity contribution in [2.75, 3.05) is 25.3 Å². The van der Waals surface area contributed by atoms with Gasteiger partial charge in [-0.2, -0.15) is 15.0 Å². The summed E-state index contributed by atoms with van der Waals surface area (Å²) < 4.78 is 28.6. The van der Waals surface area contributed by atoms with Gasteiger partial charge in [0.15, 0.2) is 12.4 Å². The molecule has 0 aliphatic carbocycles. The molecule has 31 heavy (non-hydrogen) atoms. The molecule has 0 unspecified atom stereocenters. The van der Waals surface area contributed by atoms with Crippen LogP contribution in [0.3, 0.4) is 0 Å². The van der Waals surface area contributed by atoms with Crippen LogP contribution in [0, 0.1) is 5.82 Å². The number of nitrogens with one attached hydrogen (secondary N) is 1. The van der Waals surface area contributed by atoms with E-state index in [1.54, 1.807) is 31.4 Å². The van der Waals surface area contributed by atoms with Gasteiger partial charge < -0.3 is 25.3 Å². The van der Waals surface area contributed by atoms with Crippen LogP contribution < -0.4 is 20.5 Å². The zero-order valence-electron chi connectivity index (χ0n) is 16.8. The lowest BCUT2D eigenvalue weighted by molar-refractivity contribution is -0.139. The second-order valence-corrected chi connectivity index (χ2v) is 6.11. The van der Waals surface area contributed by atoms with Gasteiger partial charge in [0.25, 0.3) is 0 Å². The molecule has 1 heterocycles. The smallest absolute Gasteiger partial charge is 0.331 e. The second kappa shape index (κ2) is 10.0. The summed E-state index contributed by atoms with van der Waals surface area (Å²) >= 11 is 0. The number of nitrogen functional groups attached to an aromatic ring is 1. The van der Waals surface area contributed by atoms with Crippen LogP contribution in [-0.2, 0) is 16.1 Å². The van der Waals surface area contributed by atoms with Crippen LogP contribution in [0.2, 0.25) is 0 Å². The number of hydrogen-bond acceptors (Lipinski definition) is 9. The molecule has 0 bridgehead atoms. The number of rotatable bonds is 8. The van der Waals surface area contributed by atoms with E-state index < -0.39 is 5.97 Å². The molecule has 1 aromatic heterocycles. The number of carbonyl (C=O) groups is 1. The summed E-state index contributed by atoms with van der Waals surface area (Å²) in [6.07, 6.45) is 2.82. The van der Waals surface area contributed by atoms with Gasteiger partial charge in [-0.3, -0.25) is 0 Å². The summed E-state index contributed by atoms with van der Waals surface area (Å²) in [6.45, 7) is -0.215. The van der Waals surface area contributed by atoms with Gasteiger partial charge in [-0.05, 0) is 42.5 Å². The minimum Gasteiger partial charge on any atom is -0.497 e. The van der Waals surface area contributed by atoms with E-state index in [0.29, 0.717) is 22.7 Å².